The number of hydrogen-bond acceptors (Lipinski definition) is 1. The van der Waals surface area contributed by atoms with Crippen molar-refractivity contribution in [3.63, 3.8) is 0 Å². The van der Waals surface area contributed by atoms with Gasteiger partial charge in [0.2, 0.25) is 0 Å². The molecule has 0 spiro atoms. The van der Waals surface area contributed by atoms with Gasteiger partial charge in [-0.3, -0.25) is 0 Å². The van der Waals surface area contributed by atoms with Crippen LogP contribution in [0.15, 0.2) is 30.3 Å². The molecule has 112 valence electrons. The quantitative estimate of drug-likeness (QED) is 0.854. The third-order valence-electron chi connectivity index (χ3n) is 4.45. The second kappa shape index (κ2) is 6.44. The van der Waals surface area contributed by atoms with Crippen molar-refractivity contribution in [1.82, 2.24) is 5.32 Å². The molecule has 0 aliphatic carbocycles. The maximum atomic E-state index is 3.50. The van der Waals surface area contributed by atoms with Crippen LogP contribution in [0.1, 0.15) is 45.0 Å². The van der Waals surface area contributed by atoms with E-state index in [4.69, 9.17) is 0 Å². The van der Waals surface area contributed by atoms with Crippen LogP contribution < -0.4 is 5.32 Å². The summed E-state index contributed by atoms with van der Waals surface area (Å²) in [6.07, 6.45) is 1.03. The smallest absolute Gasteiger partial charge is 0.0363 e. The average Bonchev–Trinajstić information content (AvgIpc) is 2.40. The van der Waals surface area contributed by atoms with Gasteiger partial charge in [-0.2, -0.15) is 0 Å². The third kappa shape index (κ3) is 3.54. The lowest BCUT2D eigenvalue weighted by molar-refractivity contribution is 0.585. The Labute approximate surface area is 129 Å². The summed E-state index contributed by atoms with van der Waals surface area (Å²) in [5, 5.41) is 3.50. The topological polar surface area (TPSA) is 12.0 Å². The number of aryl methyl sites for hydroxylation is 5. The molecule has 1 nitrogen and oxygen atoms in total. The number of rotatable bonds is 4. The predicted octanol–water partition coefficient (Wildman–Crippen LogP) is 4.73. The molecule has 0 aliphatic heterocycles. The molecule has 1 heteroatoms. The van der Waals surface area contributed by atoms with Gasteiger partial charge in [0, 0.05) is 6.04 Å². The minimum absolute atomic E-state index is 0.368. The fourth-order valence-electron chi connectivity index (χ4n) is 3.26. The monoisotopic (exact) mass is 281 g/mol. The molecule has 2 rings (SSSR count). The Kier molecular flexibility index (Phi) is 4.84. The molecule has 1 unspecified atom stereocenters. The van der Waals surface area contributed by atoms with Crippen LogP contribution in [0.3, 0.4) is 0 Å². The number of hydrogen-bond donors (Lipinski definition) is 1. The van der Waals surface area contributed by atoms with Crippen molar-refractivity contribution in [2.24, 2.45) is 0 Å². The lowest BCUT2D eigenvalue weighted by Gasteiger charge is -2.22. The van der Waals surface area contributed by atoms with Gasteiger partial charge in [0.1, 0.15) is 0 Å². The molecule has 1 atom stereocenters. The van der Waals surface area contributed by atoms with Crippen LogP contribution in [-0.2, 0) is 6.42 Å². The average molecular weight is 281 g/mol. The summed E-state index contributed by atoms with van der Waals surface area (Å²) in [5.41, 5.74) is 9.70. The largest absolute Gasteiger partial charge is 0.313 e. The lowest BCUT2D eigenvalue weighted by atomic mass is 9.90. The number of benzene rings is 2. The van der Waals surface area contributed by atoms with Crippen molar-refractivity contribution >= 4 is 0 Å². The van der Waals surface area contributed by atoms with Gasteiger partial charge in [0.05, 0.1) is 0 Å². The van der Waals surface area contributed by atoms with Crippen LogP contribution in [0.2, 0.25) is 0 Å². The van der Waals surface area contributed by atoms with Gasteiger partial charge >= 0.3 is 0 Å². The highest BCUT2D eigenvalue weighted by molar-refractivity contribution is 5.41. The normalized spacial score (nSPS) is 12.5. The molecule has 0 aromatic heterocycles. The summed E-state index contributed by atoms with van der Waals surface area (Å²) in [5.74, 6) is 0. The Balaban J connectivity index is 2.34. The zero-order valence-corrected chi connectivity index (χ0v) is 14.2. The van der Waals surface area contributed by atoms with Gasteiger partial charge in [-0.1, -0.05) is 35.9 Å². The standard InChI is InChI=1S/C20H27N/c1-13-9-16(4)20(17(5)10-13)19(21-6)12-18-8-7-14(2)15(3)11-18/h7-11,19,21H,12H2,1-6H3. The van der Waals surface area contributed by atoms with E-state index in [9.17, 15) is 0 Å². The third-order valence-corrected chi connectivity index (χ3v) is 4.45. The summed E-state index contributed by atoms with van der Waals surface area (Å²) >= 11 is 0. The fraction of sp³-hybridized carbons (Fsp3) is 0.400. The molecule has 0 radical (unpaired) electrons. The first-order chi connectivity index (χ1) is 9.92. The first-order valence-corrected chi connectivity index (χ1v) is 7.73. The molecule has 0 aliphatic rings. The van der Waals surface area contributed by atoms with E-state index in [0.29, 0.717) is 6.04 Å². The Morgan fingerprint density at radius 3 is 1.95 bits per heavy atom. The zero-order chi connectivity index (χ0) is 15.6. The van der Waals surface area contributed by atoms with E-state index in [2.05, 4.69) is 77.3 Å². The van der Waals surface area contributed by atoms with Crippen molar-refractivity contribution in [3.8, 4) is 0 Å². The summed E-state index contributed by atoms with van der Waals surface area (Å²) in [6.45, 7) is 11.0. The molecule has 21 heavy (non-hydrogen) atoms. The molecule has 0 fully saturated rings. The molecule has 0 saturated heterocycles. The van der Waals surface area contributed by atoms with Crippen molar-refractivity contribution < 1.29 is 0 Å². The molecule has 1 N–H and O–H groups in total. The maximum Gasteiger partial charge on any atom is 0.0363 e. The lowest BCUT2D eigenvalue weighted by Crippen LogP contribution is -2.21. The Bertz CT molecular complexity index is 617. The minimum Gasteiger partial charge on any atom is -0.313 e. The predicted molar refractivity (Wildman–Crippen MR) is 92.1 cm³/mol. The first kappa shape index (κ1) is 15.8. The SMILES string of the molecule is CNC(Cc1ccc(C)c(C)c1)c1c(C)cc(C)cc1C. The van der Waals surface area contributed by atoms with E-state index in [-0.39, 0.29) is 0 Å². The molecule has 0 saturated carbocycles. The maximum absolute atomic E-state index is 3.50. The van der Waals surface area contributed by atoms with Gasteiger partial charge < -0.3 is 5.32 Å². The van der Waals surface area contributed by atoms with E-state index < -0.39 is 0 Å². The van der Waals surface area contributed by atoms with Crippen molar-refractivity contribution in [2.75, 3.05) is 7.05 Å². The van der Waals surface area contributed by atoms with E-state index in [0.717, 1.165) is 6.42 Å². The number of likely N-dealkylation sites (N-methyl/N-ethyl adjacent to an activating group) is 1. The summed E-state index contributed by atoms with van der Waals surface area (Å²) < 4.78 is 0. The van der Waals surface area contributed by atoms with E-state index >= 15 is 0 Å². The van der Waals surface area contributed by atoms with Crippen LogP contribution in [-0.4, -0.2) is 7.05 Å². The van der Waals surface area contributed by atoms with Gasteiger partial charge in [0.25, 0.3) is 0 Å². The van der Waals surface area contributed by atoms with E-state index in [1.54, 1.807) is 0 Å². The van der Waals surface area contributed by atoms with Crippen LogP contribution >= 0.6 is 0 Å². The summed E-state index contributed by atoms with van der Waals surface area (Å²) in [4.78, 5) is 0. The van der Waals surface area contributed by atoms with Crippen LogP contribution in [0, 0.1) is 34.6 Å². The highest BCUT2D eigenvalue weighted by Crippen LogP contribution is 2.26. The number of nitrogens with one attached hydrogen (secondary N) is 1. The molecule has 2 aromatic carbocycles. The van der Waals surface area contributed by atoms with Gasteiger partial charge in [-0.15, -0.1) is 0 Å². The van der Waals surface area contributed by atoms with Crippen molar-refractivity contribution in [2.45, 2.75) is 47.1 Å². The van der Waals surface area contributed by atoms with E-state index in [1.807, 2.05) is 0 Å². The second-order valence-electron chi connectivity index (χ2n) is 6.28. The zero-order valence-electron chi connectivity index (χ0n) is 14.2. The highest BCUT2D eigenvalue weighted by Gasteiger charge is 2.15. The van der Waals surface area contributed by atoms with Crippen molar-refractivity contribution in [1.29, 1.82) is 0 Å². The van der Waals surface area contributed by atoms with Crippen molar-refractivity contribution in [3.05, 3.63) is 69.3 Å². The molecular formula is C20H27N. The van der Waals surface area contributed by atoms with Crippen LogP contribution in [0.5, 0.6) is 0 Å². The molecule has 2 aromatic rings. The van der Waals surface area contributed by atoms with E-state index in [1.165, 1.54) is 38.9 Å². The fourth-order valence-corrected chi connectivity index (χ4v) is 3.26. The summed E-state index contributed by atoms with van der Waals surface area (Å²) in [6, 6.07) is 11.7. The van der Waals surface area contributed by atoms with Gasteiger partial charge in [-0.25, -0.2) is 0 Å². The van der Waals surface area contributed by atoms with Gasteiger partial charge in [0.15, 0.2) is 0 Å². The second-order valence-corrected chi connectivity index (χ2v) is 6.28. The Morgan fingerprint density at radius 2 is 1.43 bits per heavy atom. The molecular weight excluding hydrogens is 254 g/mol. The van der Waals surface area contributed by atoms with Gasteiger partial charge in [-0.05, 0) is 81.5 Å². The first-order valence-electron chi connectivity index (χ1n) is 7.73. The Hall–Kier alpha value is -1.60. The molecule has 0 amide bonds. The molecule has 0 bridgehead atoms. The molecule has 0 heterocycles. The highest BCUT2D eigenvalue weighted by atomic mass is 14.9. The van der Waals surface area contributed by atoms with Crippen LogP contribution in [0.25, 0.3) is 0 Å². The Morgan fingerprint density at radius 1 is 0.810 bits per heavy atom. The summed E-state index contributed by atoms with van der Waals surface area (Å²) in [7, 11) is 2.06. The van der Waals surface area contributed by atoms with Crippen LogP contribution in [0.4, 0.5) is 0 Å². The minimum atomic E-state index is 0.368.